The van der Waals surface area contributed by atoms with E-state index in [1.54, 1.807) is 43.5 Å². The van der Waals surface area contributed by atoms with Crippen LogP contribution in [0.15, 0.2) is 66.7 Å². The third-order valence-electron chi connectivity index (χ3n) is 5.35. The van der Waals surface area contributed by atoms with Crippen LogP contribution in [-0.4, -0.2) is 51.6 Å². The van der Waals surface area contributed by atoms with Gasteiger partial charge >= 0.3 is 0 Å². The van der Waals surface area contributed by atoms with Gasteiger partial charge in [-0.05, 0) is 74.1 Å². The normalized spacial score (nSPS) is 10.6. The van der Waals surface area contributed by atoms with Gasteiger partial charge in [0.25, 0.3) is 11.8 Å². The summed E-state index contributed by atoms with van der Waals surface area (Å²) in [6.07, 6.45) is 0.957. The predicted molar refractivity (Wildman–Crippen MR) is 134 cm³/mol. The van der Waals surface area contributed by atoms with E-state index in [2.05, 4.69) is 15.5 Å². The third kappa shape index (κ3) is 6.83. The Morgan fingerprint density at radius 2 is 1.50 bits per heavy atom. The summed E-state index contributed by atoms with van der Waals surface area (Å²) < 4.78 is 10.5. The van der Waals surface area contributed by atoms with E-state index < -0.39 is 0 Å². The van der Waals surface area contributed by atoms with Crippen molar-refractivity contribution in [2.75, 3.05) is 40.2 Å². The van der Waals surface area contributed by atoms with Gasteiger partial charge in [0.1, 0.15) is 0 Å². The number of carbonyl (C=O) groups is 2. The van der Waals surface area contributed by atoms with Gasteiger partial charge in [0.05, 0.1) is 14.2 Å². The fourth-order valence-corrected chi connectivity index (χ4v) is 3.40. The Morgan fingerprint density at radius 1 is 0.794 bits per heavy atom. The molecule has 0 saturated carbocycles. The maximum Gasteiger partial charge on any atom is 0.255 e. The minimum Gasteiger partial charge on any atom is -0.493 e. The third-order valence-corrected chi connectivity index (χ3v) is 5.35. The topological polar surface area (TPSA) is 79.9 Å². The summed E-state index contributed by atoms with van der Waals surface area (Å²) in [5.41, 5.74) is 3.76. The van der Waals surface area contributed by atoms with Crippen LogP contribution in [0.2, 0.25) is 0 Å². The van der Waals surface area contributed by atoms with Crippen LogP contribution in [0, 0.1) is 0 Å². The van der Waals surface area contributed by atoms with Crippen molar-refractivity contribution in [2.45, 2.75) is 13.0 Å². The smallest absolute Gasteiger partial charge is 0.255 e. The van der Waals surface area contributed by atoms with Gasteiger partial charge in [-0.3, -0.25) is 9.59 Å². The highest BCUT2D eigenvalue weighted by atomic mass is 16.5. The monoisotopic (exact) mass is 461 g/mol. The zero-order chi connectivity index (χ0) is 24.5. The van der Waals surface area contributed by atoms with E-state index in [-0.39, 0.29) is 18.4 Å². The second kappa shape index (κ2) is 11.9. The highest BCUT2D eigenvalue weighted by Crippen LogP contribution is 2.27. The molecule has 178 valence electrons. The van der Waals surface area contributed by atoms with E-state index in [9.17, 15) is 9.59 Å². The summed E-state index contributed by atoms with van der Waals surface area (Å²) in [4.78, 5) is 27.4. The highest BCUT2D eigenvalue weighted by molar-refractivity contribution is 6.04. The molecule has 7 nitrogen and oxygen atoms in total. The van der Waals surface area contributed by atoms with Gasteiger partial charge in [-0.2, -0.15) is 0 Å². The molecule has 0 fully saturated rings. The molecular formula is C27H31N3O4. The molecule has 0 aliphatic heterocycles. The van der Waals surface area contributed by atoms with Gasteiger partial charge in [-0.15, -0.1) is 0 Å². The first-order valence-electron chi connectivity index (χ1n) is 11.0. The summed E-state index contributed by atoms with van der Waals surface area (Å²) >= 11 is 0. The van der Waals surface area contributed by atoms with Crippen molar-refractivity contribution in [3.63, 3.8) is 0 Å². The lowest BCUT2D eigenvalue weighted by atomic mass is 10.1. The quantitative estimate of drug-likeness (QED) is 0.477. The van der Waals surface area contributed by atoms with E-state index in [1.165, 1.54) is 12.7 Å². The predicted octanol–water partition coefficient (Wildman–Crippen LogP) is 3.99. The molecule has 34 heavy (non-hydrogen) atoms. The number of ether oxygens (including phenoxy) is 2. The van der Waals surface area contributed by atoms with E-state index in [0.29, 0.717) is 22.6 Å². The number of hydrogen-bond acceptors (Lipinski definition) is 5. The Morgan fingerprint density at radius 3 is 2.18 bits per heavy atom. The van der Waals surface area contributed by atoms with Crippen LogP contribution in [-0.2, 0) is 13.0 Å². The Hall–Kier alpha value is -3.84. The second-order valence-corrected chi connectivity index (χ2v) is 8.16. The molecule has 0 heterocycles. The first-order valence-corrected chi connectivity index (χ1v) is 11.0. The Kier molecular flexibility index (Phi) is 8.65. The van der Waals surface area contributed by atoms with Gasteiger partial charge in [0.15, 0.2) is 11.5 Å². The number of anilines is 1. The molecule has 3 rings (SSSR count). The van der Waals surface area contributed by atoms with Gasteiger partial charge in [-0.1, -0.05) is 24.3 Å². The van der Waals surface area contributed by atoms with Crippen LogP contribution in [0.25, 0.3) is 0 Å². The largest absolute Gasteiger partial charge is 0.493 e. The fraction of sp³-hybridized carbons (Fsp3) is 0.259. The first-order chi connectivity index (χ1) is 16.4. The molecule has 0 radical (unpaired) electrons. The molecule has 0 bridgehead atoms. The highest BCUT2D eigenvalue weighted by Gasteiger charge is 2.12. The van der Waals surface area contributed by atoms with Crippen LogP contribution in [0.3, 0.4) is 0 Å². The first kappa shape index (κ1) is 24.8. The van der Waals surface area contributed by atoms with Gasteiger partial charge in [0, 0.05) is 29.9 Å². The Balaban J connectivity index is 1.59. The van der Waals surface area contributed by atoms with Crippen molar-refractivity contribution < 1.29 is 19.1 Å². The van der Waals surface area contributed by atoms with Crippen molar-refractivity contribution >= 4 is 17.5 Å². The SMILES string of the molecule is COc1ccc(C(=O)NCc2cccc(C(=O)Nc3ccc(CCN(C)C)cc3)c2)cc1OC. The molecule has 0 aromatic heterocycles. The Bertz CT molecular complexity index is 1130. The molecule has 0 aliphatic carbocycles. The van der Waals surface area contributed by atoms with E-state index >= 15 is 0 Å². The summed E-state index contributed by atoms with van der Waals surface area (Å²) in [6, 6.07) is 20.1. The number of likely N-dealkylation sites (N-methyl/N-ethyl adjacent to an activating group) is 1. The summed E-state index contributed by atoms with van der Waals surface area (Å²) in [6.45, 7) is 1.26. The van der Waals surface area contributed by atoms with Crippen molar-refractivity contribution in [2.24, 2.45) is 0 Å². The minimum atomic E-state index is -0.245. The molecule has 2 amide bonds. The van der Waals surface area contributed by atoms with Gasteiger partial charge < -0.3 is 25.0 Å². The van der Waals surface area contributed by atoms with Crippen molar-refractivity contribution in [1.29, 1.82) is 0 Å². The van der Waals surface area contributed by atoms with Gasteiger partial charge in [-0.25, -0.2) is 0 Å². The number of nitrogens with one attached hydrogen (secondary N) is 2. The molecule has 3 aromatic rings. The minimum absolute atomic E-state index is 0.200. The number of carbonyl (C=O) groups excluding carboxylic acids is 2. The van der Waals surface area contributed by atoms with Crippen LogP contribution < -0.4 is 20.1 Å². The second-order valence-electron chi connectivity index (χ2n) is 8.16. The van der Waals surface area contributed by atoms with Crippen LogP contribution in [0.4, 0.5) is 5.69 Å². The zero-order valence-corrected chi connectivity index (χ0v) is 20.1. The van der Waals surface area contributed by atoms with E-state index in [1.807, 2.05) is 44.4 Å². The number of rotatable bonds is 10. The van der Waals surface area contributed by atoms with Crippen LogP contribution in [0.1, 0.15) is 31.8 Å². The maximum atomic E-state index is 12.7. The average Bonchev–Trinajstić information content (AvgIpc) is 2.86. The van der Waals surface area contributed by atoms with Crippen molar-refractivity contribution in [3.05, 3.63) is 89.0 Å². The van der Waals surface area contributed by atoms with E-state index in [0.717, 1.165) is 24.2 Å². The average molecular weight is 462 g/mol. The maximum absolute atomic E-state index is 12.7. The number of benzene rings is 3. The number of methoxy groups -OCH3 is 2. The number of amides is 2. The lowest BCUT2D eigenvalue weighted by molar-refractivity contribution is 0.0950. The van der Waals surface area contributed by atoms with Crippen LogP contribution >= 0.6 is 0 Å². The summed E-state index contributed by atoms with van der Waals surface area (Å²) in [5.74, 6) is 0.597. The molecule has 0 atom stereocenters. The fourth-order valence-electron chi connectivity index (χ4n) is 3.40. The molecule has 0 unspecified atom stereocenters. The van der Waals surface area contributed by atoms with E-state index in [4.69, 9.17) is 9.47 Å². The lowest BCUT2D eigenvalue weighted by Crippen LogP contribution is -2.23. The zero-order valence-electron chi connectivity index (χ0n) is 20.1. The van der Waals surface area contributed by atoms with Crippen molar-refractivity contribution in [1.82, 2.24) is 10.2 Å². The molecule has 0 spiro atoms. The van der Waals surface area contributed by atoms with Gasteiger partial charge in [0.2, 0.25) is 0 Å². The Labute approximate surface area is 200 Å². The lowest BCUT2D eigenvalue weighted by Gasteiger charge is -2.11. The molecule has 0 saturated heterocycles. The van der Waals surface area contributed by atoms with Crippen LogP contribution in [0.5, 0.6) is 11.5 Å². The molecule has 7 heteroatoms. The number of hydrogen-bond donors (Lipinski definition) is 2. The number of nitrogens with zero attached hydrogens (tertiary/aromatic N) is 1. The molecule has 0 aliphatic rings. The summed E-state index contributed by atoms with van der Waals surface area (Å²) in [7, 11) is 7.16. The van der Waals surface area contributed by atoms with Crippen molar-refractivity contribution in [3.8, 4) is 11.5 Å². The molecule has 2 N–H and O–H groups in total. The molecule has 3 aromatic carbocycles. The molecular weight excluding hydrogens is 430 g/mol. The standard InChI is InChI=1S/C27H31N3O4/c1-30(2)15-14-19-8-11-23(12-9-19)29-27(32)21-7-5-6-20(16-21)18-28-26(31)22-10-13-24(33-3)25(17-22)34-4/h5-13,16-17H,14-15,18H2,1-4H3,(H,28,31)(H,29,32). The summed E-state index contributed by atoms with van der Waals surface area (Å²) in [5, 5.41) is 5.80.